The normalized spacial score (nSPS) is 11.6. The Balaban J connectivity index is 2.13. The highest BCUT2D eigenvalue weighted by Gasteiger charge is 2.31. The van der Waals surface area contributed by atoms with E-state index in [1.165, 1.54) is 24.4 Å². The standard InChI is InChI=1S/C21H21NO6S/c1-14-8-10-16(11-9-14)29(25,26)22-13-15(17-6-4-5-7-19(17)22)12-18(20(23)27-2)21(24)28-3/h4-11,13,18H,12H2,1-3H3. The zero-order valence-corrected chi connectivity index (χ0v) is 17.1. The summed E-state index contributed by atoms with van der Waals surface area (Å²) in [7, 11) is -1.50. The van der Waals surface area contributed by atoms with E-state index in [-0.39, 0.29) is 11.3 Å². The molecule has 0 saturated carbocycles. The maximum absolute atomic E-state index is 13.2. The van der Waals surface area contributed by atoms with Gasteiger partial charge in [0.15, 0.2) is 5.92 Å². The molecule has 0 aliphatic heterocycles. The maximum Gasteiger partial charge on any atom is 0.320 e. The Morgan fingerprint density at radius 1 is 0.966 bits per heavy atom. The summed E-state index contributed by atoms with van der Waals surface area (Å²) < 4.78 is 37.0. The smallest absolute Gasteiger partial charge is 0.320 e. The van der Waals surface area contributed by atoms with E-state index in [4.69, 9.17) is 9.47 Å². The van der Waals surface area contributed by atoms with Gasteiger partial charge < -0.3 is 9.47 Å². The van der Waals surface area contributed by atoms with Crippen LogP contribution in [0.5, 0.6) is 0 Å². The van der Waals surface area contributed by atoms with E-state index >= 15 is 0 Å². The lowest BCUT2D eigenvalue weighted by Crippen LogP contribution is -2.28. The molecule has 8 heteroatoms. The molecule has 0 atom stereocenters. The lowest BCUT2D eigenvalue weighted by molar-refractivity contribution is -0.158. The monoisotopic (exact) mass is 415 g/mol. The van der Waals surface area contributed by atoms with Crippen LogP contribution in [0.2, 0.25) is 0 Å². The van der Waals surface area contributed by atoms with E-state index in [1.807, 2.05) is 6.92 Å². The van der Waals surface area contributed by atoms with Crippen molar-refractivity contribution < 1.29 is 27.5 Å². The molecule has 0 amide bonds. The lowest BCUT2D eigenvalue weighted by Gasteiger charge is -2.11. The molecule has 0 aliphatic rings. The molecular formula is C21H21NO6S. The van der Waals surface area contributed by atoms with E-state index in [9.17, 15) is 18.0 Å². The van der Waals surface area contributed by atoms with Crippen molar-refractivity contribution in [1.29, 1.82) is 0 Å². The van der Waals surface area contributed by atoms with Gasteiger partial charge in [-0.3, -0.25) is 9.59 Å². The average molecular weight is 415 g/mol. The van der Waals surface area contributed by atoms with Crippen LogP contribution in [-0.4, -0.2) is 38.5 Å². The van der Waals surface area contributed by atoms with E-state index in [0.29, 0.717) is 16.5 Å². The minimum absolute atomic E-state index is 0.0454. The summed E-state index contributed by atoms with van der Waals surface area (Å²) in [4.78, 5) is 24.3. The van der Waals surface area contributed by atoms with E-state index in [1.54, 1.807) is 48.5 Å². The highest BCUT2D eigenvalue weighted by atomic mass is 32.2. The van der Waals surface area contributed by atoms with Crippen molar-refractivity contribution in [2.24, 2.45) is 5.92 Å². The SMILES string of the molecule is COC(=O)C(Cc1cn(S(=O)(=O)c2ccc(C)cc2)c2ccccc12)C(=O)OC. The van der Waals surface area contributed by atoms with Crippen LogP contribution in [0, 0.1) is 12.8 Å². The van der Waals surface area contributed by atoms with E-state index < -0.39 is 27.9 Å². The molecule has 1 aromatic heterocycles. The van der Waals surface area contributed by atoms with Crippen LogP contribution in [0.15, 0.2) is 59.6 Å². The predicted molar refractivity (Wildman–Crippen MR) is 107 cm³/mol. The van der Waals surface area contributed by atoms with Crippen LogP contribution < -0.4 is 0 Å². The Labute approximate surface area is 168 Å². The number of carbonyl (C=O) groups is 2. The van der Waals surface area contributed by atoms with Gasteiger partial charge in [-0.1, -0.05) is 35.9 Å². The Morgan fingerprint density at radius 3 is 2.14 bits per heavy atom. The van der Waals surface area contributed by atoms with Crippen LogP contribution in [0.25, 0.3) is 10.9 Å². The molecule has 3 aromatic rings. The van der Waals surface area contributed by atoms with Gasteiger partial charge in [0.1, 0.15) is 0 Å². The Bertz CT molecular complexity index is 1150. The van der Waals surface area contributed by atoms with Gasteiger partial charge in [-0.25, -0.2) is 12.4 Å². The van der Waals surface area contributed by atoms with Gasteiger partial charge in [-0.15, -0.1) is 0 Å². The highest BCUT2D eigenvalue weighted by molar-refractivity contribution is 7.90. The van der Waals surface area contributed by atoms with Gasteiger partial charge in [0.2, 0.25) is 0 Å². The van der Waals surface area contributed by atoms with Crippen molar-refractivity contribution in [3.05, 3.63) is 65.9 Å². The van der Waals surface area contributed by atoms with Gasteiger partial charge in [0, 0.05) is 11.6 Å². The molecule has 29 heavy (non-hydrogen) atoms. The average Bonchev–Trinajstić information content (AvgIpc) is 3.10. The van der Waals surface area contributed by atoms with Crippen LogP contribution in [0.3, 0.4) is 0 Å². The highest BCUT2D eigenvalue weighted by Crippen LogP contribution is 2.28. The quantitative estimate of drug-likeness (QED) is 0.454. The number of carbonyl (C=O) groups excluding carboxylic acids is 2. The summed E-state index contributed by atoms with van der Waals surface area (Å²) in [5, 5.41) is 0.626. The second kappa shape index (κ2) is 8.08. The number of esters is 2. The third-order valence-electron chi connectivity index (χ3n) is 4.73. The zero-order chi connectivity index (χ0) is 21.2. The number of ether oxygens (including phenoxy) is 2. The fraction of sp³-hybridized carbons (Fsp3) is 0.238. The third-order valence-corrected chi connectivity index (χ3v) is 6.42. The summed E-state index contributed by atoms with van der Waals surface area (Å²) in [6.45, 7) is 1.87. The van der Waals surface area contributed by atoms with E-state index in [2.05, 4.69) is 0 Å². The number of benzene rings is 2. The summed E-state index contributed by atoms with van der Waals surface area (Å²) in [6.07, 6.45) is 1.40. The Hall–Kier alpha value is -3.13. The number of hydrogen-bond donors (Lipinski definition) is 0. The van der Waals surface area contributed by atoms with Crippen LogP contribution in [0.1, 0.15) is 11.1 Å². The predicted octanol–water partition coefficient (Wildman–Crippen LogP) is 2.69. The van der Waals surface area contributed by atoms with Crippen molar-refractivity contribution in [2.75, 3.05) is 14.2 Å². The molecule has 0 saturated heterocycles. The molecule has 0 bridgehead atoms. The molecule has 0 fully saturated rings. The number of aryl methyl sites for hydroxylation is 1. The third kappa shape index (κ3) is 3.88. The summed E-state index contributed by atoms with van der Waals surface area (Å²) >= 11 is 0. The first-order valence-electron chi connectivity index (χ1n) is 8.86. The van der Waals surface area contributed by atoms with Crippen LogP contribution in [-0.2, 0) is 35.5 Å². The Morgan fingerprint density at radius 2 is 1.55 bits per heavy atom. The van der Waals surface area contributed by atoms with Crippen LogP contribution in [0.4, 0.5) is 0 Å². The number of hydrogen-bond acceptors (Lipinski definition) is 6. The lowest BCUT2D eigenvalue weighted by atomic mass is 9.99. The number of para-hydroxylation sites is 1. The van der Waals surface area contributed by atoms with Gasteiger partial charge in [-0.05, 0) is 37.1 Å². The number of rotatable bonds is 6. The zero-order valence-electron chi connectivity index (χ0n) is 16.3. The Kier molecular flexibility index (Phi) is 5.74. The minimum Gasteiger partial charge on any atom is -0.468 e. The molecule has 0 spiro atoms. The first-order valence-corrected chi connectivity index (χ1v) is 10.3. The molecule has 0 N–H and O–H groups in total. The molecule has 1 heterocycles. The first kappa shape index (κ1) is 20.6. The minimum atomic E-state index is -3.86. The van der Waals surface area contributed by atoms with Gasteiger partial charge >= 0.3 is 11.9 Å². The van der Waals surface area contributed by atoms with Crippen molar-refractivity contribution in [2.45, 2.75) is 18.2 Å². The van der Waals surface area contributed by atoms with Gasteiger partial charge in [0.25, 0.3) is 10.0 Å². The maximum atomic E-state index is 13.2. The number of nitrogens with zero attached hydrogens (tertiary/aromatic N) is 1. The van der Waals surface area contributed by atoms with Crippen molar-refractivity contribution in [3.63, 3.8) is 0 Å². The summed E-state index contributed by atoms with van der Waals surface area (Å²) in [6, 6.07) is 13.5. The molecule has 0 unspecified atom stereocenters. The first-order chi connectivity index (χ1) is 13.8. The van der Waals surface area contributed by atoms with E-state index in [0.717, 1.165) is 5.56 Å². The molecule has 152 valence electrons. The molecular weight excluding hydrogens is 394 g/mol. The molecule has 2 aromatic carbocycles. The number of methoxy groups -OCH3 is 2. The topological polar surface area (TPSA) is 91.7 Å². The molecule has 7 nitrogen and oxygen atoms in total. The van der Waals surface area contributed by atoms with Gasteiger partial charge in [0.05, 0.1) is 24.6 Å². The number of aromatic nitrogens is 1. The van der Waals surface area contributed by atoms with Crippen molar-refractivity contribution in [1.82, 2.24) is 3.97 Å². The molecule has 0 aliphatic carbocycles. The molecule has 3 rings (SSSR count). The van der Waals surface area contributed by atoms with Crippen molar-refractivity contribution in [3.8, 4) is 0 Å². The fourth-order valence-corrected chi connectivity index (χ4v) is 4.56. The summed E-state index contributed by atoms with van der Waals surface area (Å²) in [5.74, 6) is -2.67. The van der Waals surface area contributed by atoms with Gasteiger partial charge in [-0.2, -0.15) is 0 Å². The van der Waals surface area contributed by atoms with Crippen LogP contribution >= 0.6 is 0 Å². The summed E-state index contributed by atoms with van der Waals surface area (Å²) in [5.41, 5.74) is 1.93. The fourth-order valence-electron chi connectivity index (χ4n) is 3.17. The second-order valence-corrected chi connectivity index (χ2v) is 8.40. The largest absolute Gasteiger partial charge is 0.468 e. The molecule has 0 radical (unpaired) electrons. The van der Waals surface area contributed by atoms with Crippen molar-refractivity contribution >= 4 is 32.9 Å². The second-order valence-electron chi connectivity index (χ2n) is 6.59. The number of fused-ring (bicyclic) bond motifs is 1.